The normalized spacial score (nSPS) is 11.9. The number of hydrogen-bond donors (Lipinski definition) is 1. The number of aromatic nitrogens is 4. The number of rotatable bonds is 7. The molecule has 3 aromatic heterocycles. The third-order valence-electron chi connectivity index (χ3n) is 5.55. The first-order valence-electron chi connectivity index (χ1n) is 11.7. The number of hydrogen-bond acceptors (Lipinski definition) is 9. The molecule has 1 atom stereocenters. The highest BCUT2D eigenvalue weighted by atomic mass is 32.1. The highest BCUT2D eigenvalue weighted by molar-refractivity contribution is 7.21. The van der Waals surface area contributed by atoms with E-state index in [1.165, 1.54) is 23.6 Å². The summed E-state index contributed by atoms with van der Waals surface area (Å²) in [4.78, 5) is 29.8. The van der Waals surface area contributed by atoms with Crippen LogP contribution in [0.15, 0.2) is 48.9 Å². The number of ether oxygens (including phenoxy) is 3. The molecule has 0 spiro atoms. The van der Waals surface area contributed by atoms with Crippen LogP contribution in [0.25, 0.3) is 31.8 Å². The summed E-state index contributed by atoms with van der Waals surface area (Å²) in [6.45, 7) is 5.44. The van der Waals surface area contributed by atoms with Gasteiger partial charge in [-0.2, -0.15) is 0 Å². The Bertz CT molecular complexity index is 1660. The largest absolute Gasteiger partial charge is 0.484 e. The minimum Gasteiger partial charge on any atom is -0.484 e. The van der Waals surface area contributed by atoms with Gasteiger partial charge in [-0.3, -0.25) is 10.3 Å². The maximum absolute atomic E-state index is 14.9. The van der Waals surface area contributed by atoms with Crippen molar-refractivity contribution in [1.29, 1.82) is 0 Å². The first kappa shape index (κ1) is 25.3. The van der Waals surface area contributed by atoms with E-state index in [1.54, 1.807) is 38.6 Å². The molecule has 9 nitrogen and oxygen atoms in total. The van der Waals surface area contributed by atoms with Gasteiger partial charge in [0.2, 0.25) is 5.88 Å². The summed E-state index contributed by atoms with van der Waals surface area (Å²) in [6, 6.07) is 8.61. The van der Waals surface area contributed by atoms with Gasteiger partial charge < -0.3 is 14.2 Å². The number of amides is 1. The van der Waals surface area contributed by atoms with Gasteiger partial charge in [0.05, 0.1) is 46.4 Å². The topological polar surface area (TPSA) is 108 Å². The number of aryl methyl sites for hydroxylation is 2. The molecule has 3 heterocycles. The number of nitrogens with one attached hydrogen (secondary N) is 1. The Morgan fingerprint density at radius 3 is 2.68 bits per heavy atom. The second-order valence-electron chi connectivity index (χ2n) is 8.76. The van der Waals surface area contributed by atoms with Crippen LogP contribution in [0.5, 0.6) is 11.6 Å². The second-order valence-corrected chi connectivity index (χ2v) is 9.80. The van der Waals surface area contributed by atoms with Gasteiger partial charge >= 0.3 is 6.09 Å². The maximum atomic E-state index is 14.9. The molecule has 1 N–H and O–H groups in total. The molecule has 0 saturated carbocycles. The standard InChI is InChI=1S/C27H24FN5O4S/c1-14-6-18(25-21(7-14)32-24(35-4)12-30-25)26-33-20-8-19(28)22(9-23(20)38-26)37-16(3)13-36-27(34)31-17-5-15(2)10-29-11-17/h5-12,16H,13H2,1-4H3,(H,31,34)/t16-/m0/s1. The summed E-state index contributed by atoms with van der Waals surface area (Å²) >= 11 is 1.40. The molecular formula is C27H24FN5O4S. The Morgan fingerprint density at radius 1 is 1.05 bits per heavy atom. The lowest BCUT2D eigenvalue weighted by Crippen LogP contribution is -2.24. The lowest BCUT2D eigenvalue weighted by Gasteiger charge is -2.15. The van der Waals surface area contributed by atoms with Crippen LogP contribution in [0.2, 0.25) is 0 Å². The van der Waals surface area contributed by atoms with E-state index in [4.69, 9.17) is 14.2 Å². The van der Waals surface area contributed by atoms with Gasteiger partial charge in [0, 0.05) is 23.9 Å². The van der Waals surface area contributed by atoms with Crippen molar-refractivity contribution in [2.24, 2.45) is 0 Å². The SMILES string of the molecule is COc1cnc2c(-c3nc4cc(F)c(O[C@@H](C)COC(=O)Nc5cncc(C)c5)cc4s3)cc(C)cc2n1. The van der Waals surface area contributed by atoms with Crippen molar-refractivity contribution in [3.05, 3.63) is 65.9 Å². The average Bonchev–Trinajstić information content (AvgIpc) is 3.29. The highest BCUT2D eigenvalue weighted by Gasteiger charge is 2.17. The third kappa shape index (κ3) is 5.47. The summed E-state index contributed by atoms with van der Waals surface area (Å²) in [5.74, 6) is -0.0919. The van der Waals surface area contributed by atoms with Crippen LogP contribution in [0.3, 0.4) is 0 Å². The zero-order valence-electron chi connectivity index (χ0n) is 21.1. The molecule has 1 amide bonds. The molecule has 0 saturated heterocycles. The number of nitrogens with zero attached hydrogens (tertiary/aromatic N) is 4. The van der Waals surface area contributed by atoms with Crippen LogP contribution >= 0.6 is 11.3 Å². The number of fused-ring (bicyclic) bond motifs is 2. The van der Waals surface area contributed by atoms with Gasteiger partial charge in [0.25, 0.3) is 0 Å². The summed E-state index contributed by atoms with van der Waals surface area (Å²) in [5.41, 5.74) is 5.08. The van der Waals surface area contributed by atoms with Crippen molar-refractivity contribution in [1.82, 2.24) is 19.9 Å². The van der Waals surface area contributed by atoms with E-state index < -0.39 is 18.0 Å². The predicted octanol–water partition coefficient (Wildman–Crippen LogP) is 6.08. The Hall–Kier alpha value is -4.38. The number of halogens is 1. The van der Waals surface area contributed by atoms with E-state index in [0.29, 0.717) is 33.1 Å². The fraction of sp³-hybridized carbons (Fsp3) is 0.222. The molecule has 38 heavy (non-hydrogen) atoms. The zero-order valence-corrected chi connectivity index (χ0v) is 21.9. The molecule has 0 fully saturated rings. The molecule has 0 aliphatic rings. The molecule has 5 rings (SSSR count). The zero-order chi connectivity index (χ0) is 26.8. The summed E-state index contributed by atoms with van der Waals surface area (Å²) in [5, 5.41) is 3.29. The van der Waals surface area contributed by atoms with Gasteiger partial charge in [-0.05, 0) is 50.1 Å². The van der Waals surface area contributed by atoms with E-state index in [0.717, 1.165) is 21.4 Å². The number of anilines is 1. The highest BCUT2D eigenvalue weighted by Crippen LogP contribution is 2.37. The average molecular weight is 534 g/mol. The van der Waals surface area contributed by atoms with Crippen molar-refractivity contribution >= 4 is 44.4 Å². The molecular weight excluding hydrogens is 509 g/mol. The van der Waals surface area contributed by atoms with Crippen molar-refractivity contribution in [3.8, 4) is 22.2 Å². The number of carbonyl (C=O) groups excluding carboxylic acids is 1. The number of thiazole rings is 1. The van der Waals surface area contributed by atoms with Crippen LogP contribution < -0.4 is 14.8 Å². The Labute approximate surface area is 221 Å². The molecule has 0 unspecified atom stereocenters. The van der Waals surface area contributed by atoms with E-state index in [9.17, 15) is 9.18 Å². The number of carbonyl (C=O) groups is 1. The fourth-order valence-corrected chi connectivity index (χ4v) is 4.86. The number of pyridine rings is 1. The molecule has 0 radical (unpaired) electrons. The Balaban J connectivity index is 1.32. The lowest BCUT2D eigenvalue weighted by atomic mass is 10.1. The van der Waals surface area contributed by atoms with E-state index in [1.807, 2.05) is 26.0 Å². The van der Waals surface area contributed by atoms with Gasteiger partial charge in [0.15, 0.2) is 11.6 Å². The molecule has 5 aromatic rings. The van der Waals surface area contributed by atoms with Crippen LogP contribution in [0.4, 0.5) is 14.9 Å². The maximum Gasteiger partial charge on any atom is 0.411 e. The Morgan fingerprint density at radius 2 is 1.89 bits per heavy atom. The second kappa shape index (κ2) is 10.5. The third-order valence-corrected chi connectivity index (χ3v) is 6.60. The van der Waals surface area contributed by atoms with E-state index >= 15 is 0 Å². The summed E-state index contributed by atoms with van der Waals surface area (Å²) < 4.78 is 31.8. The lowest BCUT2D eigenvalue weighted by molar-refractivity contribution is 0.0969. The monoisotopic (exact) mass is 533 g/mol. The molecule has 194 valence electrons. The molecule has 0 aliphatic heterocycles. The molecule has 0 aliphatic carbocycles. The van der Waals surface area contributed by atoms with Crippen LogP contribution in [0, 0.1) is 19.7 Å². The van der Waals surface area contributed by atoms with E-state index in [-0.39, 0.29) is 12.4 Å². The van der Waals surface area contributed by atoms with Crippen LogP contribution in [-0.2, 0) is 4.74 Å². The first-order valence-corrected chi connectivity index (χ1v) is 12.5. The molecule has 11 heteroatoms. The van der Waals surface area contributed by atoms with Crippen molar-refractivity contribution < 1.29 is 23.4 Å². The van der Waals surface area contributed by atoms with Crippen LogP contribution in [-0.4, -0.2) is 45.8 Å². The molecule has 2 aromatic carbocycles. The van der Waals surface area contributed by atoms with Crippen molar-refractivity contribution in [2.45, 2.75) is 26.9 Å². The minimum atomic E-state index is -0.651. The molecule has 0 bridgehead atoms. The predicted molar refractivity (Wildman–Crippen MR) is 143 cm³/mol. The summed E-state index contributed by atoms with van der Waals surface area (Å²) in [7, 11) is 1.54. The number of benzene rings is 2. The van der Waals surface area contributed by atoms with Crippen molar-refractivity contribution in [2.75, 3.05) is 19.0 Å². The van der Waals surface area contributed by atoms with Gasteiger partial charge in [-0.1, -0.05) is 0 Å². The van der Waals surface area contributed by atoms with Crippen LogP contribution in [0.1, 0.15) is 18.1 Å². The van der Waals surface area contributed by atoms with Gasteiger partial charge in [0.1, 0.15) is 17.7 Å². The Kier molecular flexibility index (Phi) is 7.01. The van der Waals surface area contributed by atoms with E-state index in [2.05, 4.69) is 25.3 Å². The summed E-state index contributed by atoms with van der Waals surface area (Å²) in [6.07, 6.45) is 3.51. The van der Waals surface area contributed by atoms with Gasteiger partial charge in [-0.15, -0.1) is 11.3 Å². The quantitative estimate of drug-likeness (QED) is 0.268. The fourth-order valence-electron chi connectivity index (χ4n) is 3.87. The minimum absolute atomic E-state index is 0.0470. The van der Waals surface area contributed by atoms with Gasteiger partial charge in [-0.25, -0.2) is 24.1 Å². The number of methoxy groups -OCH3 is 1. The van der Waals surface area contributed by atoms with Crippen molar-refractivity contribution in [3.63, 3.8) is 0 Å². The first-order chi connectivity index (χ1) is 18.3. The smallest absolute Gasteiger partial charge is 0.411 e.